The molecule has 0 spiro atoms. The lowest BCUT2D eigenvalue weighted by molar-refractivity contribution is -0.134. The Morgan fingerprint density at radius 3 is 2.44 bits per heavy atom. The van der Waals surface area contributed by atoms with E-state index in [0.29, 0.717) is 6.54 Å². The minimum Gasteiger partial charge on any atom is -0.497 e. The molecule has 3 aromatic rings. The number of carbonyl (C=O) groups is 1. The first-order valence-electron chi connectivity index (χ1n) is 10.8. The van der Waals surface area contributed by atoms with E-state index in [1.807, 2.05) is 24.3 Å². The third-order valence-electron chi connectivity index (χ3n) is 6.01. The van der Waals surface area contributed by atoms with E-state index in [-0.39, 0.29) is 11.9 Å². The van der Waals surface area contributed by atoms with Crippen molar-refractivity contribution < 1.29 is 9.53 Å². The zero-order chi connectivity index (χ0) is 21.9. The van der Waals surface area contributed by atoms with Gasteiger partial charge in [-0.25, -0.2) is 5.01 Å². The van der Waals surface area contributed by atoms with Crippen LogP contribution >= 0.6 is 22.7 Å². The van der Waals surface area contributed by atoms with Crippen molar-refractivity contribution in [1.82, 2.24) is 9.91 Å². The molecule has 2 aliphatic rings. The van der Waals surface area contributed by atoms with E-state index in [9.17, 15) is 4.79 Å². The number of anilines is 1. The average molecular weight is 467 g/mol. The number of carbonyl (C=O) groups excluding carboxylic acids is 1. The molecule has 0 aliphatic carbocycles. The minimum atomic E-state index is 0.000174. The smallest absolute Gasteiger partial charge is 0.257 e. The zero-order valence-electron chi connectivity index (χ0n) is 18.0. The topological polar surface area (TPSA) is 48.4 Å². The molecule has 1 saturated heterocycles. The summed E-state index contributed by atoms with van der Waals surface area (Å²) in [5.41, 5.74) is 2.20. The van der Waals surface area contributed by atoms with Crippen molar-refractivity contribution in [3.8, 4) is 5.75 Å². The maximum atomic E-state index is 13.3. The number of hydrogen-bond acceptors (Lipinski definition) is 7. The molecule has 0 radical (unpaired) electrons. The van der Waals surface area contributed by atoms with Crippen LogP contribution < -0.4 is 9.64 Å². The van der Waals surface area contributed by atoms with Crippen LogP contribution in [0.25, 0.3) is 0 Å². The third-order valence-corrected chi connectivity index (χ3v) is 7.90. The highest BCUT2D eigenvalue weighted by molar-refractivity contribution is 7.12. The SMILES string of the molecule is COc1ccc(N2CCN(CC(=O)N3N=C(c4cccs4)C[C@@H]3c3cccs3)CC2)cc1. The van der Waals surface area contributed by atoms with Gasteiger partial charge in [0, 0.05) is 43.2 Å². The maximum Gasteiger partial charge on any atom is 0.257 e. The first-order valence-corrected chi connectivity index (χ1v) is 12.6. The lowest BCUT2D eigenvalue weighted by atomic mass is 10.1. The van der Waals surface area contributed by atoms with Crippen molar-refractivity contribution in [2.45, 2.75) is 12.5 Å². The summed E-state index contributed by atoms with van der Waals surface area (Å²) in [5.74, 6) is 0.944. The Labute approximate surface area is 196 Å². The molecule has 1 aromatic carbocycles. The van der Waals surface area contributed by atoms with Gasteiger partial charge in [-0.2, -0.15) is 5.10 Å². The summed E-state index contributed by atoms with van der Waals surface area (Å²) in [6, 6.07) is 16.4. The summed E-state index contributed by atoms with van der Waals surface area (Å²) < 4.78 is 5.25. The number of nitrogens with zero attached hydrogens (tertiary/aromatic N) is 4. The molecule has 1 fully saturated rings. The van der Waals surface area contributed by atoms with Gasteiger partial charge in [0.15, 0.2) is 0 Å². The summed E-state index contributed by atoms with van der Waals surface area (Å²) in [5, 5.41) is 10.6. The van der Waals surface area contributed by atoms with E-state index in [0.717, 1.165) is 48.9 Å². The van der Waals surface area contributed by atoms with Crippen LogP contribution in [0.4, 0.5) is 5.69 Å². The van der Waals surface area contributed by atoms with E-state index >= 15 is 0 Å². The van der Waals surface area contributed by atoms with Gasteiger partial charge in [-0.05, 0) is 47.2 Å². The Kier molecular flexibility index (Phi) is 6.25. The number of hydrazone groups is 1. The van der Waals surface area contributed by atoms with Gasteiger partial charge in [-0.1, -0.05) is 12.1 Å². The Morgan fingerprint density at radius 1 is 1.03 bits per heavy atom. The first-order chi connectivity index (χ1) is 15.7. The highest BCUT2D eigenvalue weighted by Gasteiger charge is 2.35. The summed E-state index contributed by atoms with van der Waals surface area (Å²) in [7, 11) is 1.68. The molecule has 2 aromatic heterocycles. The molecule has 1 atom stereocenters. The molecule has 4 heterocycles. The molecule has 0 bridgehead atoms. The predicted octanol–water partition coefficient (Wildman–Crippen LogP) is 4.32. The van der Waals surface area contributed by atoms with Crippen molar-refractivity contribution in [3.05, 3.63) is 69.0 Å². The average Bonchev–Trinajstić information content (AvgIpc) is 3.61. The molecule has 0 unspecified atom stereocenters. The van der Waals surface area contributed by atoms with Crippen LogP contribution in [0.3, 0.4) is 0 Å². The molecule has 6 nitrogen and oxygen atoms in total. The van der Waals surface area contributed by atoms with Gasteiger partial charge in [-0.3, -0.25) is 9.69 Å². The van der Waals surface area contributed by atoms with Crippen molar-refractivity contribution in [2.75, 3.05) is 44.7 Å². The quantitative estimate of drug-likeness (QED) is 0.543. The fourth-order valence-electron chi connectivity index (χ4n) is 4.26. The van der Waals surface area contributed by atoms with E-state index in [2.05, 4.69) is 44.8 Å². The fraction of sp³-hybridized carbons (Fsp3) is 0.333. The molecule has 1 amide bonds. The Bertz CT molecular complexity index is 1060. The highest BCUT2D eigenvalue weighted by atomic mass is 32.1. The normalized spacial score (nSPS) is 19.3. The third kappa shape index (κ3) is 4.44. The zero-order valence-corrected chi connectivity index (χ0v) is 19.6. The second-order valence-electron chi connectivity index (χ2n) is 7.96. The largest absolute Gasteiger partial charge is 0.497 e. The molecular weight excluding hydrogens is 440 g/mol. The number of methoxy groups -OCH3 is 1. The Hall–Kier alpha value is -2.68. The molecule has 8 heteroatoms. The highest BCUT2D eigenvalue weighted by Crippen LogP contribution is 2.36. The number of rotatable bonds is 6. The Balaban J connectivity index is 1.23. The standard InChI is InChI=1S/C24H26N4O2S2/c1-30-19-8-6-18(7-9-19)27-12-10-26(11-13-27)17-24(29)28-21(23-5-3-15-32-23)16-20(25-28)22-4-2-14-31-22/h2-9,14-15,21H,10-13,16-17H2,1H3/t21-/m1/s1. The van der Waals surface area contributed by atoms with E-state index in [1.54, 1.807) is 34.8 Å². The molecule has 5 rings (SSSR count). The van der Waals surface area contributed by atoms with E-state index in [4.69, 9.17) is 9.84 Å². The molecule has 2 aliphatic heterocycles. The van der Waals surface area contributed by atoms with Gasteiger partial charge >= 0.3 is 0 Å². The fourth-order valence-corrected chi connectivity index (χ4v) is 5.79. The number of ether oxygens (including phenoxy) is 1. The summed E-state index contributed by atoms with van der Waals surface area (Å²) >= 11 is 3.37. The number of piperazine rings is 1. The second kappa shape index (κ2) is 9.44. The van der Waals surface area contributed by atoms with Crippen LogP contribution in [0, 0.1) is 0 Å². The minimum absolute atomic E-state index is 0.000174. The molecule has 166 valence electrons. The predicted molar refractivity (Wildman–Crippen MR) is 131 cm³/mol. The van der Waals surface area contributed by atoms with Crippen molar-refractivity contribution in [3.63, 3.8) is 0 Å². The molecule has 32 heavy (non-hydrogen) atoms. The van der Waals surface area contributed by atoms with Crippen LogP contribution in [0.1, 0.15) is 22.2 Å². The molecular formula is C24H26N4O2S2. The first kappa shape index (κ1) is 21.2. The molecule has 0 saturated carbocycles. The summed E-state index contributed by atoms with van der Waals surface area (Å²) in [4.78, 5) is 20.3. The van der Waals surface area contributed by atoms with Crippen molar-refractivity contribution in [1.29, 1.82) is 0 Å². The summed E-state index contributed by atoms with van der Waals surface area (Å²) in [6.45, 7) is 3.92. The Morgan fingerprint density at radius 2 is 1.78 bits per heavy atom. The van der Waals surface area contributed by atoms with Crippen LogP contribution in [0.15, 0.2) is 64.4 Å². The summed E-state index contributed by atoms with van der Waals surface area (Å²) in [6.07, 6.45) is 0.776. The number of thiophene rings is 2. The van der Waals surface area contributed by atoms with Gasteiger partial charge < -0.3 is 9.64 Å². The van der Waals surface area contributed by atoms with Gasteiger partial charge in [0.1, 0.15) is 5.75 Å². The van der Waals surface area contributed by atoms with Crippen LogP contribution in [-0.2, 0) is 4.79 Å². The van der Waals surface area contributed by atoms with Crippen LogP contribution in [-0.4, -0.2) is 61.4 Å². The second-order valence-corrected chi connectivity index (χ2v) is 9.89. The van der Waals surface area contributed by atoms with E-state index < -0.39 is 0 Å². The van der Waals surface area contributed by atoms with Crippen molar-refractivity contribution >= 4 is 40.0 Å². The van der Waals surface area contributed by atoms with Gasteiger partial charge in [-0.15, -0.1) is 22.7 Å². The lowest BCUT2D eigenvalue weighted by Gasteiger charge is -2.36. The lowest BCUT2D eigenvalue weighted by Crippen LogP contribution is -2.49. The number of hydrogen-bond donors (Lipinski definition) is 0. The van der Waals surface area contributed by atoms with Crippen molar-refractivity contribution in [2.24, 2.45) is 5.10 Å². The van der Waals surface area contributed by atoms with E-state index in [1.165, 1.54) is 10.6 Å². The number of benzene rings is 1. The van der Waals surface area contributed by atoms with Crippen LogP contribution in [0.5, 0.6) is 5.75 Å². The maximum absolute atomic E-state index is 13.3. The monoisotopic (exact) mass is 466 g/mol. The number of amides is 1. The van der Waals surface area contributed by atoms with Gasteiger partial charge in [0.25, 0.3) is 5.91 Å². The van der Waals surface area contributed by atoms with Crippen LogP contribution in [0.2, 0.25) is 0 Å². The van der Waals surface area contributed by atoms with Gasteiger partial charge in [0.2, 0.25) is 0 Å². The molecule has 0 N–H and O–H groups in total. The van der Waals surface area contributed by atoms with Gasteiger partial charge in [0.05, 0.1) is 30.3 Å².